The maximum absolute atomic E-state index is 12.4. The topological polar surface area (TPSA) is 29.1 Å². The number of fused-ring (bicyclic) bond motifs is 1. The van der Waals surface area contributed by atoms with Gasteiger partial charge < -0.3 is 5.32 Å². The highest BCUT2D eigenvalue weighted by Gasteiger charge is 2.14. The number of halogens is 2. The van der Waals surface area contributed by atoms with Crippen molar-refractivity contribution in [1.29, 1.82) is 0 Å². The molecule has 4 heteroatoms. The molecule has 0 radical (unpaired) electrons. The Kier molecular flexibility index (Phi) is 3.81. The molecular formula is C16H13BrClNO. The van der Waals surface area contributed by atoms with E-state index >= 15 is 0 Å². The van der Waals surface area contributed by atoms with Gasteiger partial charge in [-0.15, -0.1) is 0 Å². The first-order valence-electron chi connectivity index (χ1n) is 6.47. The lowest BCUT2D eigenvalue weighted by molar-refractivity contribution is 0.0993. The van der Waals surface area contributed by atoms with Crippen LogP contribution >= 0.6 is 27.5 Å². The fourth-order valence-electron chi connectivity index (χ4n) is 2.40. The van der Waals surface area contributed by atoms with E-state index in [0.717, 1.165) is 34.3 Å². The molecule has 2 aromatic rings. The van der Waals surface area contributed by atoms with Gasteiger partial charge in [-0.3, -0.25) is 4.79 Å². The van der Waals surface area contributed by atoms with E-state index in [1.807, 2.05) is 36.4 Å². The fourth-order valence-corrected chi connectivity index (χ4v) is 3.14. The minimum atomic E-state index is 0.0886. The van der Waals surface area contributed by atoms with Crippen LogP contribution in [0.15, 0.2) is 40.9 Å². The summed E-state index contributed by atoms with van der Waals surface area (Å²) in [6.07, 6.45) is 1.35. The van der Waals surface area contributed by atoms with Crippen LogP contribution in [0.3, 0.4) is 0 Å². The summed E-state index contributed by atoms with van der Waals surface area (Å²) in [5.74, 6) is 0.0886. The Morgan fingerprint density at radius 2 is 2.10 bits per heavy atom. The molecule has 0 aromatic heterocycles. The molecule has 0 spiro atoms. The largest absolute Gasteiger partial charge is 0.384 e. The van der Waals surface area contributed by atoms with E-state index in [0.29, 0.717) is 11.4 Å². The van der Waals surface area contributed by atoms with Crippen LogP contribution < -0.4 is 5.32 Å². The molecule has 1 heterocycles. The maximum atomic E-state index is 12.4. The summed E-state index contributed by atoms with van der Waals surface area (Å²) in [5, 5.41) is 3.91. The van der Waals surface area contributed by atoms with Crippen LogP contribution in [0.25, 0.3) is 0 Å². The monoisotopic (exact) mass is 349 g/mol. The lowest BCUT2D eigenvalue weighted by atomic mass is 10.0. The normalized spacial score (nSPS) is 12.9. The van der Waals surface area contributed by atoms with Crippen molar-refractivity contribution in [2.75, 3.05) is 11.9 Å². The summed E-state index contributed by atoms with van der Waals surface area (Å²) in [4.78, 5) is 12.4. The van der Waals surface area contributed by atoms with Crippen LogP contribution in [0.1, 0.15) is 21.5 Å². The van der Waals surface area contributed by atoms with Gasteiger partial charge in [0.1, 0.15) is 0 Å². The van der Waals surface area contributed by atoms with E-state index in [1.165, 1.54) is 5.56 Å². The van der Waals surface area contributed by atoms with E-state index in [1.54, 1.807) is 0 Å². The fraction of sp³-hybridized carbons (Fsp3) is 0.188. The van der Waals surface area contributed by atoms with Crippen LogP contribution in [-0.4, -0.2) is 12.3 Å². The number of ketones is 1. The summed E-state index contributed by atoms with van der Waals surface area (Å²) in [7, 11) is 0. The zero-order chi connectivity index (χ0) is 14.1. The number of anilines is 1. The zero-order valence-corrected chi connectivity index (χ0v) is 13.1. The van der Waals surface area contributed by atoms with Gasteiger partial charge in [-0.1, -0.05) is 45.7 Å². The Bertz CT molecular complexity index is 684. The Balaban J connectivity index is 1.82. The van der Waals surface area contributed by atoms with Gasteiger partial charge in [0.05, 0.1) is 0 Å². The highest BCUT2D eigenvalue weighted by molar-refractivity contribution is 9.10. The lowest BCUT2D eigenvalue weighted by Gasteiger charge is -2.06. The molecule has 2 aromatic carbocycles. The predicted molar refractivity (Wildman–Crippen MR) is 85.8 cm³/mol. The van der Waals surface area contributed by atoms with E-state index in [2.05, 4.69) is 21.2 Å². The van der Waals surface area contributed by atoms with Gasteiger partial charge in [-0.05, 0) is 35.7 Å². The van der Waals surface area contributed by atoms with Crippen molar-refractivity contribution in [1.82, 2.24) is 0 Å². The molecule has 1 aliphatic heterocycles. The Morgan fingerprint density at radius 3 is 2.90 bits per heavy atom. The first-order valence-corrected chi connectivity index (χ1v) is 7.64. The molecule has 0 atom stereocenters. The van der Waals surface area contributed by atoms with Crippen LogP contribution in [0, 0.1) is 0 Å². The number of hydrogen-bond acceptors (Lipinski definition) is 2. The molecule has 1 N–H and O–H groups in total. The second-order valence-electron chi connectivity index (χ2n) is 4.88. The summed E-state index contributed by atoms with van der Waals surface area (Å²) < 4.78 is 0.917. The third kappa shape index (κ3) is 2.74. The first-order chi connectivity index (χ1) is 9.63. The average molecular weight is 351 g/mol. The molecule has 3 rings (SSSR count). The lowest BCUT2D eigenvalue weighted by Crippen LogP contribution is -2.04. The molecule has 0 unspecified atom stereocenters. The van der Waals surface area contributed by atoms with Gasteiger partial charge in [-0.25, -0.2) is 0 Å². The number of carbonyl (C=O) groups is 1. The van der Waals surface area contributed by atoms with E-state index in [4.69, 9.17) is 11.6 Å². The Hall–Kier alpha value is -1.32. The Labute approximate surface area is 131 Å². The first kappa shape index (κ1) is 13.7. The second-order valence-corrected chi connectivity index (χ2v) is 6.21. The summed E-state index contributed by atoms with van der Waals surface area (Å²) in [6, 6.07) is 11.5. The summed E-state index contributed by atoms with van der Waals surface area (Å²) in [5.41, 5.74) is 3.95. The molecule has 102 valence electrons. The van der Waals surface area contributed by atoms with Crippen molar-refractivity contribution < 1.29 is 4.79 Å². The van der Waals surface area contributed by atoms with Gasteiger partial charge in [0, 0.05) is 33.7 Å². The number of benzene rings is 2. The van der Waals surface area contributed by atoms with Crippen LogP contribution in [0.5, 0.6) is 0 Å². The SMILES string of the molecule is O=C(Cc1ccc(Br)cc1Cl)c1ccc2c(c1)NCC2. The number of carbonyl (C=O) groups excluding carboxylic acids is 1. The minimum absolute atomic E-state index is 0.0886. The third-order valence-corrected chi connectivity index (χ3v) is 4.35. The molecule has 0 amide bonds. The van der Waals surface area contributed by atoms with Crippen molar-refractivity contribution in [2.45, 2.75) is 12.8 Å². The number of nitrogens with one attached hydrogen (secondary N) is 1. The molecule has 0 saturated carbocycles. The number of Topliss-reactive ketones (excluding diaryl/α,β-unsaturated/α-hetero) is 1. The molecule has 0 aliphatic carbocycles. The van der Waals surface area contributed by atoms with Crippen molar-refractivity contribution in [3.8, 4) is 0 Å². The van der Waals surface area contributed by atoms with Crippen molar-refractivity contribution >= 4 is 39.0 Å². The van der Waals surface area contributed by atoms with Gasteiger partial charge in [0.25, 0.3) is 0 Å². The standard InChI is InChI=1S/C16H13BrClNO/c17-13-4-3-11(14(18)9-13)8-16(20)12-2-1-10-5-6-19-15(10)7-12/h1-4,7,9,19H,5-6,8H2. The molecule has 20 heavy (non-hydrogen) atoms. The third-order valence-electron chi connectivity index (χ3n) is 3.51. The van der Waals surface area contributed by atoms with Crippen LogP contribution in [0.2, 0.25) is 5.02 Å². The van der Waals surface area contributed by atoms with Crippen molar-refractivity contribution in [3.63, 3.8) is 0 Å². The quantitative estimate of drug-likeness (QED) is 0.826. The van der Waals surface area contributed by atoms with Crippen molar-refractivity contribution in [2.24, 2.45) is 0 Å². The number of hydrogen-bond donors (Lipinski definition) is 1. The zero-order valence-electron chi connectivity index (χ0n) is 10.7. The summed E-state index contributed by atoms with van der Waals surface area (Å²) in [6.45, 7) is 0.950. The molecule has 0 bridgehead atoms. The minimum Gasteiger partial charge on any atom is -0.384 e. The molecule has 2 nitrogen and oxygen atoms in total. The maximum Gasteiger partial charge on any atom is 0.167 e. The molecule has 0 fully saturated rings. The molecular weight excluding hydrogens is 338 g/mol. The van der Waals surface area contributed by atoms with Crippen molar-refractivity contribution in [3.05, 3.63) is 62.6 Å². The van der Waals surface area contributed by atoms with Gasteiger partial charge in [0.2, 0.25) is 0 Å². The molecule has 0 saturated heterocycles. The van der Waals surface area contributed by atoms with Gasteiger partial charge >= 0.3 is 0 Å². The molecule has 1 aliphatic rings. The predicted octanol–water partition coefficient (Wildman–Crippen LogP) is 4.50. The highest BCUT2D eigenvalue weighted by Crippen LogP contribution is 2.26. The smallest absolute Gasteiger partial charge is 0.167 e. The Morgan fingerprint density at radius 1 is 1.25 bits per heavy atom. The highest BCUT2D eigenvalue weighted by atomic mass is 79.9. The van der Waals surface area contributed by atoms with Gasteiger partial charge in [0.15, 0.2) is 5.78 Å². The summed E-state index contributed by atoms with van der Waals surface area (Å²) >= 11 is 9.52. The second kappa shape index (κ2) is 5.58. The van der Waals surface area contributed by atoms with Crippen LogP contribution in [-0.2, 0) is 12.8 Å². The van der Waals surface area contributed by atoms with E-state index in [-0.39, 0.29) is 5.78 Å². The number of rotatable bonds is 3. The van der Waals surface area contributed by atoms with E-state index in [9.17, 15) is 4.79 Å². The van der Waals surface area contributed by atoms with Gasteiger partial charge in [-0.2, -0.15) is 0 Å². The average Bonchev–Trinajstić information content (AvgIpc) is 2.89. The van der Waals surface area contributed by atoms with E-state index < -0.39 is 0 Å². The van der Waals surface area contributed by atoms with Crippen LogP contribution in [0.4, 0.5) is 5.69 Å².